The number of nitrogens with zero attached hydrogens (tertiary/aromatic N) is 1. The third-order valence-electron chi connectivity index (χ3n) is 15.1. The van der Waals surface area contributed by atoms with Crippen molar-refractivity contribution in [3.8, 4) is 0 Å². The Balaban J connectivity index is 1.10. The van der Waals surface area contributed by atoms with Crippen LogP contribution in [0.2, 0.25) is 0 Å². The minimum absolute atomic E-state index is 0.0479. The van der Waals surface area contributed by atoms with Crippen molar-refractivity contribution in [2.45, 2.75) is 142 Å². The van der Waals surface area contributed by atoms with E-state index in [-0.39, 0.29) is 51.9 Å². The number of hydrogen-bond acceptors (Lipinski definition) is 8. The van der Waals surface area contributed by atoms with Gasteiger partial charge in [-0.1, -0.05) is 27.7 Å². The molecule has 0 aromatic heterocycles. The highest BCUT2D eigenvalue weighted by molar-refractivity contribution is 5.75. The summed E-state index contributed by atoms with van der Waals surface area (Å²) >= 11 is 0. The molecule has 7 aliphatic rings. The number of carbonyl (C=O) groups is 1. The first-order chi connectivity index (χ1) is 21.1. The van der Waals surface area contributed by atoms with Crippen LogP contribution in [0.5, 0.6) is 0 Å². The van der Waals surface area contributed by atoms with Gasteiger partial charge in [-0.15, -0.1) is 0 Å². The molecule has 2 spiro atoms. The molecule has 0 aromatic carbocycles. The number of morpholine rings is 1. The Morgan fingerprint density at radius 1 is 1.09 bits per heavy atom. The van der Waals surface area contributed by atoms with Crippen LogP contribution in [0.15, 0.2) is 0 Å². The molecule has 2 saturated heterocycles. The Bertz CT molecular complexity index is 1150. The van der Waals surface area contributed by atoms with E-state index in [1.807, 2.05) is 27.8 Å². The molecule has 7 fully saturated rings. The lowest BCUT2D eigenvalue weighted by molar-refractivity contribution is -0.214. The second-order valence-corrected chi connectivity index (χ2v) is 18.1. The fourth-order valence-corrected chi connectivity index (χ4v) is 13.3. The predicted molar refractivity (Wildman–Crippen MR) is 170 cm³/mol. The number of aliphatic hydroxyl groups is 2. The lowest BCUT2D eigenvalue weighted by atomic mass is 9.46. The first-order valence-electron chi connectivity index (χ1n) is 18.3. The van der Waals surface area contributed by atoms with Crippen molar-refractivity contribution in [2.24, 2.45) is 51.2 Å². The van der Waals surface area contributed by atoms with Gasteiger partial charge >= 0.3 is 5.97 Å². The van der Waals surface area contributed by atoms with Gasteiger partial charge in [0.25, 0.3) is 0 Å². The van der Waals surface area contributed by atoms with Gasteiger partial charge in [0.2, 0.25) is 0 Å². The molecule has 0 radical (unpaired) electrons. The summed E-state index contributed by atoms with van der Waals surface area (Å²) in [6, 6.07) is 0. The number of hydrogen-bond donors (Lipinski definition) is 2. The lowest BCUT2D eigenvalue weighted by Crippen LogP contribution is -2.56. The average molecular weight is 632 g/mol. The van der Waals surface area contributed by atoms with E-state index in [1.54, 1.807) is 0 Å². The summed E-state index contributed by atoms with van der Waals surface area (Å²) in [6.07, 6.45) is 6.86. The second kappa shape index (κ2) is 10.9. The van der Waals surface area contributed by atoms with E-state index in [4.69, 9.17) is 18.9 Å². The van der Waals surface area contributed by atoms with E-state index in [0.717, 1.165) is 45.1 Å². The van der Waals surface area contributed by atoms with E-state index in [1.165, 1.54) is 12.8 Å². The molecule has 2 aliphatic heterocycles. The molecule has 0 bridgehead atoms. The van der Waals surface area contributed by atoms with Gasteiger partial charge in [0.05, 0.1) is 30.5 Å². The minimum atomic E-state index is -1.02. The molecule has 0 aromatic rings. The fraction of sp³-hybridized carbons (Fsp3) is 0.973. The average Bonchev–Trinajstić information content (AvgIpc) is 3.57. The van der Waals surface area contributed by atoms with Crippen LogP contribution in [0.3, 0.4) is 0 Å². The highest BCUT2D eigenvalue weighted by Crippen LogP contribution is 2.87. The molecule has 256 valence electrons. The van der Waals surface area contributed by atoms with Gasteiger partial charge in [-0.2, -0.15) is 0 Å². The van der Waals surface area contributed by atoms with E-state index in [9.17, 15) is 15.0 Å². The molecule has 2 N–H and O–H groups in total. The summed E-state index contributed by atoms with van der Waals surface area (Å²) in [7, 11) is 2.03. The van der Waals surface area contributed by atoms with Crippen LogP contribution < -0.4 is 0 Å². The van der Waals surface area contributed by atoms with Crippen LogP contribution in [0.4, 0.5) is 0 Å². The maximum atomic E-state index is 13.2. The van der Waals surface area contributed by atoms with Crippen LogP contribution >= 0.6 is 0 Å². The summed E-state index contributed by atoms with van der Waals surface area (Å²) in [5.74, 6) is 1.76. The highest BCUT2D eigenvalue weighted by atomic mass is 16.6. The Labute approximate surface area is 271 Å². The van der Waals surface area contributed by atoms with Crippen molar-refractivity contribution >= 4 is 5.97 Å². The maximum absolute atomic E-state index is 13.2. The van der Waals surface area contributed by atoms with Gasteiger partial charge in [-0.05, 0) is 125 Å². The molecule has 5 aliphatic carbocycles. The summed E-state index contributed by atoms with van der Waals surface area (Å²) in [5, 5.41) is 23.3. The Hall–Kier alpha value is -0.770. The van der Waals surface area contributed by atoms with Crippen molar-refractivity contribution in [1.29, 1.82) is 0 Å². The minimum Gasteiger partial charge on any atom is -0.460 e. The number of aliphatic hydroxyl groups excluding tert-OH is 1. The number of fused-ring (bicyclic) bond motifs is 4. The normalized spacial score (nSPS) is 51.2. The van der Waals surface area contributed by atoms with Crippen LogP contribution in [0.1, 0.15) is 99.8 Å². The lowest BCUT2D eigenvalue weighted by Gasteiger charge is -2.60. The number of ether oxygens (including phenoxy) is 4. The molecule has 14 atom stereocenters. The summed E-state index contributed by atoms with van der Waals surface area (Å²) in [4.78, 5) is 15.4. The largest absolute Gasteiger partial charge is 0.460 e. The molecular formula is C37H61NO7. The van der Waals surface area contributed by atoms with Crippen LogP contribution in [0.25, 0.3) is 0 Å². The maximum Gasteiger partial charge on any atom is 0.336 e. The molecular weight excluding hydrogens is 570 g/mol. The molecule has 0 amide bonds. The number of carbonyl (C=O) groups excluding carboxylic acids is 1. The molecule has 45 heavy (non-hydrogen) atoms. The zero-order valence-electron chi connectivity index (χ0n) is 29.2. The van der Waals surface area contributed by atoms with E-state index < -0.39 is 23.9 Å². The number of likely N-dealkylation sites (N-methyl/N-ethyl adjacent to an activating group) is 1. The molecule has 5 saturated carbocycles. The molecule has 7 rings (SSSR count). The third kappa shape index (κ3) is 4.69. The topological polar surface area (TPSA) is 97.7 Å². The standard InChI is InChI=1S/C37H61NO7/c1-9-42-31(34(5,6)41)23-18-21(2)27-30(44-23)29(39)28-22-10-11-25-33(3,4)26(45-32(40)24-19-38(8)16-17-43-24)12-13-37(25)20-36(22,37)15-14-35(27,28)7/h21-31,39,41H,9-20H2,1-8H3/t21-,22+,23-,24-,25+,26+,27+,28?,29-,30+,31+,35-,36+,37?/m1/s1. The zero-order chi connectivity index (χ0) is 32.3. The van der Waals surface area contributed by atoms with Crippen LogP contribution in [-0.4, -0.2) is 96.7 Å². The Morgan fingerprint density at radius 2 is 1.84 bits per heavy atom. The third-order valence-corrected chi connectivity index (χ3v) is 15.1. The van der Waals surface area contributed by atoms with Crippen molar-refractivity contribution in [3.63, 3.8) is 0 Å². The summed E-state index contributed by atoms with van der Waals surface area (Å²) in [6.45, 7) is 17.7. The Kier molecular flexibility index (Phi) is 7.91. The van der Waals surface area contributed by atoms with Gasteiger partial charge in [0.1, 0.15) is 12.2 Å². The van der Waals surface area contributed by atoms with Gasteiger partial charge in [0, 0.05) is 25.1 Å². The molecule has 8 nitrogen and oxygen atoms in total. The predicted octanol–water partition coefficient (Wildman–Crippen LogP) is 4.83. The van der Waals surface area contributed by atoms with E-state index >= 15 is 0 Å². The fourth-order valence-electron chi connectivity index (χ4n) is 13.3. The quantitative estimate of drug-likeness (QED) is 0.403. The van der Waals surface area contributed by atoms with Crippen molar-refractivity contribution < 1.29 is 34.0 Å². The van der Waals surface area contributed by atoms with Crippen LogP contribution in [-0.2, 0) is 23.7 Å². The summed E-state index contributed by atoms with van der Waals surface area (Å²) < 4.78 is 25.1. The molecule has 2 heterocycles. The van der Waals surface area contributed by atoms with E-state index in [0.29, 0.717) is 43.4 Å². The van der Waals surface area contributed by atoms with Gasteiger partial charge in [-0.25, -0.2) is 4.79 Å². The van der Waals surface area contributed by atoms with Gasteiger partial charge in [0.15, 0.2) is 6.10 Å². The van der Waals surface area contributed by atoms with Crippen LogP contribution in [0, 0.1) is 51.2 Å². The van der Waals surface area contributed by atoms with Crippen molar-refractivity contribution in [1.82, 2.24) is 4.90 Å². The highest BCUT2D eigenvalue weighted by Gasteiger charge is 2.82. The monoisotopic (exact) mass is 631 g/mol. The first kappa shape index (κ1) is 32.8. The number of esters is 1. The van der Waals surface area contributed by atoms with Crippen molar-refractivity contribution in [2.75, 3.05) is 33.4 Å². The van der Waals surface area contributed by atoms with E-state index in [2.05, 4.69) is 32.6 Å². The second-order valence-electron chi connectivity index (χ2n) is 18.1. The Morgan fingerprint density at radius 3 is 2.53 bits per heavy atom. The molecule has 2 unspecified atom stereocenters. The van der Waals surface area contributed by atoms with Gasteiger partial charge < -0.3 is 34.1 Å². The zero-order valence-corrected chi connectivity index (χ0v) is 29.2. The number of rotatable bonds is 6. The van der Waals surface area contributed by atoms with Gasteiger partial charge in [-0.3, -0.25) is 0 Å². The SMILES string of the molecule is CCO[C@@H]([C@H]1C[C@@H](C)[C@H]2[C@H](O1)[C@H](O)C1[C@@H]3CC[C@H]4C(C)(C)[C@@H](OC(=O)[C@H]5CN(C)CCO5)CCC45C[C@@]35CC[C@@]12C)C(C)(C)O. The van der Waals surface area contributed by atoms with Crippen molar-refractivity contribution in [3.05, 3.63) is 0 Å². The molecule has 8 heteroatoms. The summed E-state index contributed by atoms with van der Waals surface area (Å²) in [5.41, 5.74) is -0.501. The smallest absolute Gasteiger partial charge is 0.336 e. The first-order valence-corrected chi connectivity index (χ1v) is 18.3.